The van der Waals surface area contributed by atoms with E-state index in [1.807, 2.05) is 37.5 Å². The van der Waals surface area contributed by atoms with Gasteiger partial charge in [-0.3, -0.25) is 14.2 Å². The second-order valence-corrected chi connectivity index (χ2v) is 7.93. The summed E-state index contributed by atoms with van der Waals surface area (Å²) < 4.78 is 3.23. The van der Waals surface area contributed by atoms with Crippen molar-refractivity contribution in [2.75, 3.05) is 24.3 Å². The van der Waals surface area contributed by atoms with Crippen LogP contribution in [-0.4, -0.2) is 54.2 Å². The van der Waals surface area contributed by atoms with E-state index in [1.165, 1.54) is 10.9 Å². The van der Waals surface area contributed by atoms with Crippen LogP contribution in [0.3, 0.4) is 0 Å². The maximum atomic E-state index is 11.5. The zero-order chi connectivity index (χ0) is 24.1. The number of aliphatic hydroxyl groups excluding tert-OH is 1. The van der Waals surface area contributed by atoms with Crippen LogP contribution in [0.4, 0.5) is 17.5 Å². The van der Waals surface area contributed by atoms with Crippen molar-refractivity contribution >= 4 is 35.0 Å². The number of aromatic nitrogens is 6. The van der Waals surface area contributed by atoms with Crippen LogP contribution in [0, 0.1) is 0 Å². The summed E-state index contributed by atoms with van der Waals surface area (Å²) in [5, 5.41) is 27.5. The first-order valence-corrected chi connectivity index (χ1v) is 10.8. The molecule has 0 aliphatic heterocycles. The zero-order valence-electron chi connectivity index (χ0n) is 18.6. The van der Waals surface area contributed by atoms with Crippen molar-refractivity contribution in [2.24, 2.45) is 7.05 Å². The van der Waals surface area contributed by atoms with Gasteiger partial charge in [-0.1, -0.05) is 29.8 Å². The molecule has 0 aliphatic carbocycles. The van der Waals surface area contributed by atoms with Crippen molar-refractivity contribution in [3.63, 3.8) is 0 Å². The van der Waals surface area contributed by atoms with Crippen molar-refractivity contribution in [3.05, 3.63) is 65.8 Å². The van der Waals surface area contributed by atoms with Crippen LogP contribution in [0.2, 0.25) is 5.02 Å². The third-order valence-electron chi connectivity index (χ3n) is 5.04. The number of rotatable bonds is 9. The summed E-state index contributed by atoms with van der Waals surface area (Å²) in [6, 6.07) is 7.36. The molecule has 4 N–H and O–H groups in total. The number of amides is 1. The van der Waals surface area contributed by atoms with Gasteiger partial charge in [0.15, 0.2) is 5.82 Å². The van der Waals surface area contributed by atoms with Gasteiger partial charge in [-0.2, -0.15) is 15.2 Å². The maximum Gasteiger partial charge on any atom is 0.241 e. The van der Waals surface area contributed by atoms with E-state index in [0.717, 1.165) is 16.7 Å². The molecule has 4 aromatic rings. The number of benzene rings is 1. The van der Waals surface area contributed by atoms with Gasteiger partial charge in [0.25, 0.3) is 0 Å². The molecule has 0 aliphatic rings. The normalized spacial score (nSPS) is 11.8. The minimum absolute atomic E-state index is 0.0999. The maximum absolute atomic E-state index is 11.5. The van der Waals surface area contributed by atoms with E-state index in [4.69, 9.17) is 11.6 Å². The summed E-state index contributed by atoms with van der Waals surface area (Å²) in [7, 11) is 3.43. The lowest BCUT2D eigenvalue weighted by atomic mass is 10.0. The first kappa shape index (κ1) is 23.2. The van der Waals surface area contributed by atoms with Crippen LogP contribution in [-0.2, 0) is 18.4 Å². The fourth-order valence-corrected chi connectivity index (χ4v) is 3.45. The van der Waals surface area contributed by atoms with Crippen LogP contribution in [0.15, 0.2) is 55.2 Å². The monoisotopic (exact) mass is 481 g/mol. The highest BCUT2D eigenvalue weighted by Gasteiger charge is 2.16. The summed E-state index contributed by atoms with van der Waals surface area (Å²) in [5.41, 5.74) is 3.43. The van der Waals surface area contributed by atoms with Crippen molar-refractivity contribution < 1.29 is 9.90 Å². The predicted molar refractivity (Wildman–Crippen MR) is 129 cm³/mol. The van der Waals surface area contributed by atoms with E-state index < -0.39 is 6.04 Å². The quantitative estimate of drug-likeness (QED) is 0.286. The fourth-order valence-electron chi connectivity index (χ4n) is 3.30. The molecule has 1 aromatic carbocycles. The van der Waals surface area contributed by atoms with E-state index >= 15 is 0 Å². The molecule has 0 bridgehead atoms. The number of hydrogen-bond acceptors (Lipinski definition) is 8. The first-order chi connectivity index (χ1) is 16.4. The number of carbonyl (C=O) groups is 1. The Balaban J connectivity index is 1.51. The van der Waals surface area contributed by atoms with Crippen molar-refractivity contribution in [3.8, 4) is 11.1 Å². The Hall–Kier alpha value is -3.96. The van der Waals surface area contributed by atoms with E-state index in [9.17, 15) is 9.90 Å². The third kappa shape index (κ3) is 5.50. The van der Waals surface area contributed by atoms with Gasteiger partial charge in [-0.15, -0.1) is 0 Å². The highest BCUT2D eigenvalue weighted by atomic mass is 35.5. The van der Waals surface area contributed by atoms with Gasteiger partial charge in [-0.25, -0.2) is 4.98 Å². The van der Waals surface area contributed by atoms with E-state index in [0.29, 0.717) is 16.5 Å². The molecular weight excluding hydrogens is 458 g/mol. The summed E-state index contributed by atoms with van der Waals surface area (Å²) in [6.45, 7) is -0.0748. The molecule has 11 nitrogen and oxygen atoms in total. The van der Waals surface area contributed by atoms with Gasteiger partial charge in [0, 0.05) is 32.1 Å². The molecule has 0 saturated carbocycles. The molecule has 12 heteroatoms. The Bertz CT molecular complexity index is 1290. The highest BCUT2D eigenvalue weighted by Crippen LogP contribution is 2.28. The number of likely N-dealkylation sites (N-methyl/N-ethyl adjacent to an activating group) is 1. The van der Waals surface area contributed by atoms with Crippen LogP contribution >= 0.6 is 11.6 Å². The third-order valence-corrected chi connectivity index (χ3v) is 5.32. The summed E-state index contributed by atoms with van der Waals surface area (Å²) in [6.07, 6.45) is 8.41. The topological polar surface area (TPSA) is 135 Å². The molecule has 0 spiro atoms. The van der Waals surface area contributed by atoms with Crippen LogP contribution in [0.1, 0.15) is 11.6 Å². The average Bonchev–Trinajstić information content (AvgIpc) is 3.48. The van der Waals surface area contributed by atoms with Crippen molar-refractivity contribution in [1.29, 1.82) is 0 Å². The number of hydrogen-bond donors (Lipinski definition) is 4. The van der Waals surface area contributed by atoms with Crippen LogP contribution in [0.5, 0.6) is 0 Å². The molecule has 0 radical (unpaired) electrons. The van der Waals surface area contributed by atoms with E-state index in [-0.39, 0.29) is 25.0 Å². The van der Waals surface area contributed by atoms with Crippen LogP contribution < -0.4 is 16.0 Å². The standard InChI is InChI=1S/C22H24ClN9O2/c1-24-20(34)12-32-11-17(8-27-32)28-22-25-9-18(23)21(30-22)29-19(13-33)15-5-3-4-14(6-15)16-7-26-31(2)10-16/h3-11,19,33H,12-13H2,1-2H3,(H,24,34)(H2,25,28,29,30)/t19-/m1/s1. The van der Waals surface area contributed by atoms with Crippen molar-refractivity contribution in [2.45, 2.75) is 12.6 Å². The van der Waals surface area contributed by atoms with Gasteiger partial charge in [0.05, 0.1) is 36.9 Å². The second kappa shape index (κ2) is 10.3. The minimum atomic E-state index is -0.452. The Morgan fingerprint density at radius 3 is 2.76 bits per heavy atom. The largest absolute Gasteiger partial charge is 0.394 e. The average molecular weight is 482 g/mol. The van der Waals surface area contributed by atoms with E-state index in [1.54, 1.807) is 30.3 Å². The number of nitrogens with one attached hydrogen (secondary N) is 3. The molecule has 1 amide bonds. The number of nitrogens with zero attached hydrogens (tertiary/aromatic N) is 6. The smallest absolute Gasteiger partial charge is 0.241 e. The number of halogens is 1. The Morgan fingerprint density at radius 2 is 2.03 bits per heavy atom. The zero-order valence-corrected chi connectivity index (χ0v) is 19.4. The summed E-state index contributed by atoms with van der Waals surface area (Å²) >= 11 is 6.33. The number of carbonyl (C=O) groups excluding carboxylic acids is 1. The molecule has 0 unspecified atom stereocenters. The SMILES string of the molecule is CNC(=O)Cn1cc(Nc2ncc(Cl)c(N[C@H](CO)c3cccc(-c4cnn(C)c4)c3)n2)cn1. The summed E-state index contributed by atoms with van der Waals surface area (Å²) in [5.74, 6) is 0.487. The van der Waals surface area contributed by atoms with Gasteiger partial charge < -0.3 is 21.1 Å². The van der Waals surface area contributed by atoms with Gasteiger partial charge in [-0.05, 0) is 17.2 Å². The van der Waals surface area contributed by atoms with Crippen LogP contribution in [0.25, 0.3) is 11.1 Å². The predicted octanol–water partition coefficient (Wildman–Crippen LogP) is 2.36. The molecule has 0 saturated heterocycles. The summed E-state index contributed by atoms with van der Waals surface area (Å²) in [4.78, 5) is 20.2. The number of aryl methyl sites for hydroxylation is 1. The first-order valence-electron chi connectivity index (χ1n) is 10.4. The molecule has 34 heavy (non-hydrogen) atoms. The second-order valence-electron chi connectivity index (χ2n) is 7.52. The minimum Gasteiger partial charge on any atom is -0.394 e. The Morgan fingerprint density at radius 1 is 1.18 bits per heavy atom. The van der Waals surface area contributed by atoms with Gasteiger partial charge in [0.2, 0.25) is 11.9 Å². The van der Waals surface area contributed by atoms with E-state index in [2.05, 4.69) is 36.1 Å². The Kier molecular flexibility index (Phi) is 7.04. The molecule has 1 atom stereocenters. The molecule has 0 fully saturated rings. The molecule has 3 heterocycles. The highest BCUT2D eigenvalue weighted by molar-refractivity contribution is 6.32. The molecular formula is C22H24ClN9O2. The molecule has 4 rings (SSSR count). The lowest BCUT2D eigenvalue weighted by Gasteiger charge is -2.19. The molecule has 176 valence electrons. The van der Waals surface area contributed by atoms with Gasteiger partial charge in [0.1, 0.15) is 11.6 Å². The van der Waals surface area contributed by atoms with Gasteiger partial charge >= 0.3 is 0 Å². The number of aliphatic hydroxyl groups is 1. The Labute approximate surface area is 200 Å². The lowest BCUT2D eigenvalue weighted by Crippen LogP contribution is -2.23. The fraction of sp³-hybridized carbons (Fsp3) is 0.227. The van der Waals surface area contributed by atoms with Crippen molar-refractivity contribution in [1.82, 2.24) is 34.8 Å². The lowest BCUT2D eigenvalue weighted by molar-refractivity contribution is -0.121. The molecule has 3 aromatic heterocycles. The number of anilines is 3.